The predicted molar refractivity (Wildman–Crippen MR) is 42.9 cm³/mol. The van der Waals surface area contributed by atoms with Gasteiger partial charge in [0.2, 0.25) is 0 Å². The van der Waals surface area contributed by atoms with Crippen LogP contribution in [0.3, 0.4) is 0 Å². The van der Waals surface area contributed by atoms with Crippen LogP contribution in [0.15, 0.2) is 18.2 Å². The van der Waals surface area contributed by atoms with Gasteiger partial charge in [0, 0.05) is 0 Å². The van der Waals surface area contributed by atoms with Crippen LogP contribution in [0.1, 0.15) is 0 Å². The summed E-state index contributed by atoms with van der Waals surface area (Å²) in [6, 6.07) is 2.68. The molecule has 0 radical (unpaired) electrons. The monoisotopic (exact) mass is 206 g/mol. The van der Waals surface area contributed by atoms with Crippen molar-refractivity contribution in [1.29, 1.82) is 0 Å². The maximum absolute atomic E-state index is 12.9. The fraction of sp³-hybridized carbons (Fsp3) is 0.143. The first-order valence-corrected chi connectivity index (χ1v) is 3.61. The summed E-state index contributed by atoms with van der Waals surface area (Å²) in [6.07, 6.45) is 0. The number of ether oxygens (including phenoxy) is 1. The van der Waals surface area contributed by atoms with Crippen molar-refractivity contribution < 1.29 is 28.0 Å². The highest BCUT2D eigenvalue weighted by Crippen LogP contribution is 2.17. The van der Waals surface area contributed by atoms with Crippen molar-refractivity contribution in [3.63, 3.8) is 0 Å². The van der Waals surface area contributed by atoms with Gasteiger partial charge in [-0.3, -0.25) is 0 Å². The van der Waals surface area contributed by atoms with E-state index in [1.807, 2.05) is 0 Å². The molecule has 0 heterocycles. The lowest BCUT2D eigenvalue weighted by Gasteiger charge is -2.06. The molecule has 0 fully saturated rings. The number of rotatable bonds is 3. The van der Waals surface area contributed by atoms with Gasteiger partial charge in [-0.05, 0) is 17.6 Å². The molecular formula is C7H6BF3O3. The SMILES string of the molecule is OB(O)c1ccc(OC(F)F)c(F)c1. The van der Waals surface area contributed by atoms with E-state index in [0.29, 0.717) is 6.07 Å². The zero-order valence-electron chi connectivity index (χ0n) is 6.82. The molecule has 0 saturated heterocycles. The molecule has 76 valence electrons. The largest absolute Gasteiger partial charge is 0.488 e. The third-order valence-corrected chi connectivity index (χ3v) is 1.47. The van der Waals surface area contributed by atoms with Crippen molar-refractivity contribution >= 4 is 12.6 Å². The van der Waals surface area contributed by atoms with Crippen molar-refractivity contribution in [3.8, 4) is 5.75 Å². The van der Waals surface area contributed by atoms with Gasteiger partial charge in [0.1, 0.15) is 0 Å². The topological polar surface area (TPSA) is 49.7 Å². The van der Waals surface area contributed by atoms with Gasteiger partial charge in [-0.25, -0.2) is 4.39 Å². The Morgan fingerprint density at radius 3 is 2.36 bits per heavy atom. The molecule has 0 aliphatic rings. The summed E-state index contributed by atoms with van der Waals surface area (Å²) >= 11 is 0. The Kier molecular flexibility index (Phi) is 3.37. The van der Waals surface area contributed by atoms with Crippen LogP contribution in [-0.2, 0) is 0 Å². The van der Waals surface area contributed by atoms with Crippen molar-refractivity contribution in [2.75, 3.05) is 0 Å². The molecule has 0 unspecified atom stereocenters. The molecular weight excluding hydrogens is 200 g/mol. The molecule has 0 saturated carbocycles. The maximum Gasteiger partial charge on any atom is 0.488 e. The maximum atomic E-state index is 12.9. The highest BCUT2D eigenvalue weighted by atomic mass is 19.3. The van der Waals surface area contributed by atoms with E-state index in [9.17, 15) is 13.2 Å². The Morgan fingerprint density at radius 2 is 1.93 bits per heavy atom. The first-order chi connectivity index (χ1) is 6.50. The summed E-state index contributed by atoms with van der Waals surface area (Å²) in [6.45, 7) is -3.12. The van der Waals surface area contributed by atoms with E-state index >= 15 is 0 Å². The Labute approximate surface area is 77.9 Å². The second-order valence-corrected chi connectivity index (χ2v) is 2.44. The predicted octanol–water partition coefficient (Wildman–Crippen LogP) is 0.107. The van der Waals surface area contributed by atoms with Gasteiger partial charge in [-0.1, -0.05) is 6.07 Å². The van der Waals surface area contributed by atoms with E-state index in [-0.39, 0.29) is 5.46 Å². The van der Waals surface area contributed by atoms with E-state index in [4.69, 9.17) is 10.0 Å². The van der Waals surface area contributed by atoms with Crippen LogP contribution in [0.2, 0.25) is 0 Å². The minimum Gasteiger partial charge on any atom is -0.432 e. The molecule has 14 heavy (non-hydrogen) atoms. The lowest BCUT2D eigenvalue weighted by Crippen LogP contribution is -2.30. The highest BCUT2D eigenvalue weighted by molar-refractivity contribution is 6.58. The third-order valence-electron chi connectivity index (χ3n) is 1.47. The molecule has 0 bridgehead atoms. The molecule has 0 aliphatic heterocycles. The lowest BCUT2D eigenvalue weighted by molar-refractivity contribution is -0.0521. The van der Waals surface area contributed by atoms with Crippen molar-refractivity contribution in [3.05, 3.63) is 24.0 Å². The van der Waals surface area contributed by atoms with E-state index < -0.39 is 25.3 Å². The number of alkyl halides is 2. The minimum absolute atomic E-state index is 0.135. The second kappa shape index (κ2) is 4.34. The fourth-order valence-corrected chi connectivity index (χ4v) is 0.869. The molecule has 0 amide bonds. The summed E-state index contributed by atoms with van der Waals surface area (Å²) in [5.74, 6) is -1.71. The molecule has 0 aliphatic carbocycles. The number of hydrogen-bond acceptors (Lipinski definition) is 3. The second-order valence-electron chi connectivity index (χ2n) is 2.44. The fourth-order valence-electron chi connectivity index (χ4n) is 0.869. The summed E-state index contributed by atoms with van der Waals surface area (Å²) in [4.78, 5) is 0. The zero-order chi connectivity index (χ0) is 10.7. The normalized spacial score (nSPS) is 10.4. The molecule has 0 aromatic heterocycles. The van der Waals surface area contributed by atoms with E-state index in [1.165, 1.54) is 0 Å². The van der Waals surface area contributed by atoms with E-state index in [0.717, 1.165) is 12.1 Å². The molecule has 1 aromatic carbocycles. The standard InChI is InChI=1S/C7H6BF3O3/c9-5-3-4(8(12)13)1-2-6(5)14-7(10)11/h1-3,7,12-13H. The van der Waals surface area contributed by atoms with Crippen LogP contribution >= 0.6 is 0 Å². The first-order valence-electron chi connectivity index (χ1n) is 3.61. The van der Waals surface area contributed by atoms with Crippen LogP contribution in [-0.4, -0.2) is 23.8 Å². The molecule has 2 N–H and O–H groups in total. The number of benzene rings is 1. The molecule has 1 aromatic rings. The third kappa shape index (κ3) is 2.64. The quantitative estimate of drug-likeness (QED) is 0.689. The smallest absolute Gasteiger partial charge is 0.432 e. The summed E-state index contributed by atoms with van der Waals surface area (Å²) < 4.78 is 40.0. The summed E-state index contributed by atoms with van der Waals surface area (Å²) in [5.41, 5.74) is -0.135. The first kappa shape index (κ1) is 10.9. The lowest BCUT2D eigenvalue weighted by atomic mass is 9.80. The van der Waals surface area contributed by atoms with Crippen LogP contribution in [0.25, 0.3) is 0 Å². The van der Waals surface area contributed by atoms with Crippen LogP contribution < -0.4 is 10.2 Å². The van der Waals surface area contributed by atoms with Gasteiger partial charge in [0.15, 0.2) is 11.6 Å². The number of hydrogen-bond donors (Lipinski definition) is 2. The average Bonchev–Trinajstić information content (AvgIpc) is 2.07. The van der Waals surface area contributed by atoms with E-state index in [1.54, 1.807) is 0 Å². The zero-order valence-corrected chi connectivity index (χ0v) is 6.82. The van der Waals surface area contributed by atoms with Crippen molar-refractivity contribution in [2.24, 2.45) is 0 Å². The Morgan fingerprint density at radius 1 is 1.29 bits per heavy atom. The van der Waals surface area contributed by atoms with Gasteiger partial charge in [0.25, 0.3) is 0 Å². The Balaban J connectivity index is 2.90. The molecule has 7 heteroatoms. The van der Waals surface area contributed by atoms with Crippen LogP contribution in [0.4, 0.5) is 13.2 Å². The van der Waals surface area contributed by atoms with E-state index in [2.05, 4.69) is 4.74 Å². The Hall–Kier alpha value is -1.21. The Bertz CT molecular complexity index is 319. The average molecular weight is 206 g/mol. The molecule has 0 atom stereocenters. The van der Waals surface area contributed by atoms with Gasteiger partial charge in [-0.15, -0.1) is 0 Å². The molecule has 3 nitrogen and oxygen atoms in total. The van der Waals surface area contributed by atoms with Crippen LogP contribution in [0.5, 0.6) is 5.75 Å². The molecule has 1 rings (SSSR count). The van der Waals surface area contributed by atoms with Gasteiger partial charge in [0.05, 0.1) is 0 Å². The number of halogens is 3. The van der Waals surface area contributed by atoms with Crippen molar-refractivity contribution in [2.45, 2.75) is 6.61 Å². The van der Waals surface area contributed by atoms with Crippen LogP contribution in [0, 0.1) is 5.82 Å². The molecule has 0 spiro atoms. The van der Waals surface area contributed by atoms with Crippen molar-refractivity contribution in [1.82, 2.24) is 0 Å². The minimum atomic E-state index is -3.12. The summed E-state index contributed by atoms with van der Waals surface area (Å²) in [7, 11) is -1.84. The summed E-state index contributed by atoms with van der Waals surface area (Å²) in [5, 5.41) is 17.2. The van der Waals surface area contributed by atoms with Gasteiger partial charge >= 0.3 is 13.7 Å². The highest BCUT2D eigenvalue weighted by Gasteiger charge is 2.15. The van der Waals surface area contributed by atoms with Gasteiger partial charge in [-0.2, -0.15) is 8.78 Å². The van der Waals surface area contributed by atoms with Gasteiger partial charge < -0.3 is 14.8 Å².